The van der Waals surface area contributed by atoms with Gasteiger partial charge in [-0.2, -0.15) is 0 Å². The lowest BCUT2D eigenvalue weighted by molar-refractivity contribution is -0.142. The molecule has 0 spiro atoms. The van der Waals surface area contributed by atoms with Gasteiger partial charge in [-0.15, -0.1) is 5.73 Å². The molecule has 2 heteroatoms. The number of hydrogen-bond acceptors (Lipinski definition) is 2. The molecule has 1 fully saturated rings. The Hall–Kier alpha value is -1.01. The predicted octanol–water partition coefficient (Wildman–Crippen LogP) is 2.06. The fourth-order valence-corrected chi connectivity index (χ4v) is 0.806. The summed E-state index contributed by atoms with van der Waals surface area (Å²) in [6.07, 6.45) is 3.83. The fourth-order valence-electron chi connectivity index (χ4n) is 0.806. The highest BCUT2D eigenvalue weighted by atomic mass is 16.5. The fraction of sp³-hybridized carbons (Fsp3) is 0.556. The first kappa shape index (κ1) is 9.99. The van der Waals surface area contributed by atoms with E-state index in [1.54, 1.807) is 0 Å². The number of ether oxygens (including phenoxy) is 1. The van der Waals surface area contributed by atoms with Crippen LogP contribution in [0.2, 0.25) is 0 Å². The van der Waals surface area contributed by atoms with Crippen molar-refractivity contribution in [2.75, 3.05) is 6.61 Å². The summed E-state index contributed by atoms with van der Waals surface area (Å²) in [5.41, 5.74) is 2.25. The molecule has 0 aromatic heterocycles. The van der Waals surface area contributed by atoms with Crippen LogP contribution >= 0.6 is 0 Å². The summed E-state index contributed by atoms with van der Waals surface area (Å²) < 4.78 is 4.76. The minimum Gasteiger partial charge on any atom is -0.466 e. The summed E-state index contributed by atoms with van der Waals surface area (Å²) in [6.45, 7) is 6.89. The summed E-state index contributed by atoms with van der Waals surface area (Å²) in [6, 6.07) is 0. The standard InChI is InChI=1S/C6H10O2.C3H4/c7-6-4-2-1-3-5-8-6;1-3-2/h1-5H2;1-2H2. The van der Waals surface area contributed by atoms with Gasteiger partial charge in [0, 0.05) is 6.42 Å². The first-order chi connectivity index (χ1) is 5.31. The topological polar surface area (TPSA) is 26.3 Å². The molecule has 0 unspecified atom stereocenters. The lowest BCUT2D eigenvalue weighted by Gasteiger charge is -1.93. The number of cyclic esters (lactones) is 1. The van der Waals surface area contributed by atoms with E-state index in [4.69, 9.17) is 4.74 Å². The monoisotopic (exact) mass is 154 g/mol. The van der Waals surface area contributed by atoms with Crippen molar-refractivity contribution in [1.29, 1.82) is 0 Å². The van der Waals surface area contributed by atoms with Crippen molar-refractivity contribution in [1.82, 2.24) is 0 Å². The van der Waals surface area contributed by atoms with Gasteiger partial charge in [0.2, 0.25) is 0 Å². The third-order valence-electron chi connectivity index (χ3n) is 1.29. The van der Waals surface area contributed by atoms with Gasteiger partial charge in [-0.25, -0.2) is 0 Å². The molecule has 1 heterocycles. The average Bonchev–Trinajstić information content (AvgIpc) is 2.18. The van der Waals surface area contributed by atoms with Crippen LogP contribution in [0.3, 0.4) is 0 Å². The second-order valence-corrected chi connectivity index (χ2v) is 2.28. The highest BCUT2D eigenvalue weighted by Crippen LogP contribution is 2.06. The third-order valence-corrected chi connectivity index (χ3v) is 1.29. The Morgan fingerprint density at radius 3 is 2.55 bits per heavy atom. The van der Waals surface area contributed by atoms with Gasteiger partial charge in [0.1, 0.15) is 0 Å². The van der Waals surface area contributed by atoms with Crippen LogP contribution in [0.15, 0.2) is 18.9 Å². The van der Waals surface area contributed by atoms with Crippen molar-refractivity contribution in [2.45, 2.75) is 25.7 Å². The Morgan fingerprint density at radius 2 is 1.91 bits per heavy atom. The second kappa shape index (κ2) is 7.10. The molecule has 0 atom stereocenters. The third kappa shape index (κ3) is 6.88. The molecule has 0 radical (unpaired) electrons. The van der Waals surface area contributed by atoms with Gasteiger partial charge in [-0.3, -0.25) is 4.79 Å². The van der Waals surface area contributed by atoms with Crippen molar-refractivity contribution in [2.24, 2.45) is 0 Å². The van der Waals surface area contributed by atoms with Gasteiger partial charge < -0.3 is 4.74 Å². The SMILES string of the molecule is C=C=C.O=C1CCCCCO1. The normalized spacial score (nSPS) is 16.5. The predicted molar refractivity (Wildman–Crippen MR) is 44.2 cm³/mol. The highest BCUT2D eigenvalue weighted by Gasteiger charge is 2.05. The van der Waals surface area contributed by atoms with E-state index in [9.17, 15) is 4.79 Å². The van der Waals surface area contributed by atoms with Crippen molar-refractivity contribution in [3.63, 3.8) is 0 Å². The van der Waals surface area contributed by atoms with Crippen LogP contribution in [0.1, 0.15) is 25.7 Å². The number of esters is 1. The summed E-state index contributed by atoms with van der Waals surface area (Å²) in [5, 5.41) is 0. The van der Waals surface area contributed by atoms with Crippen molar-refractivity contribution in [3.8, 4) is 0 Å². The van der Waals surface area contributed by atoms with E-state index >= 15 is 0 Å². The Balaban J connectivity index is 0.000000292. The second-order valence-electron chi connectivity index (χ2n) is 2.28. The van der Waals surface area contributed by atoms with Gasteiger partial charge in [-0.05, 0) is 19.3 Å². The Labute approximate surface area is 67.6 Å². The van der Waals surface area contributed by atoms with E-state index in [2.05, 4.69) is 18.9 Å². The largest absolute Gasteiger partial charge is 0.466 e. The Bertz CT molecular complexity index is 134. The van der Waals surface area contributed by atoms with Gasteiger partial charge in [0.05, 0.1) is 6.61 Å². The zero-order valence-electron chi connectivity index (χ0n) is 6.77. The molecule has 62 valence electrons. The first-order valence-corrected chi connectivity index (χ1v) is 3.76. The zero-order valence-corrected chi connectivity index (χ0v) is 6.77. The quantitative estimate of drug-likeness (QED) is 0.394. The van der Waals surface area contributed by atoms with Crippen molar-refractivity contribution < 1.29 is 9.53 Å². The lowest BCUT2D eigenvalue weighted by Crippen LogP contribution is -2.00. The molecule has 2 nitrogen and oxygen atoms in total. The minimum atomic E-state index is -0.0255. The molecule has 0 aliphatic carbocycles. The average molecular weight is 154 g/mol. The molecule has 11 heavy (non-hydrogen) atoms. The number of carbonyl (C=O) groups is 1. The molecule has 0 aromatic carbocycles. The van der Waals surface area contributed by atoms with Gasteiger partial charge in [0.25, 0.3) is 0 Å². The Kier molecular flexibility index (Phi) is 6.45. The van der Waals surface area contributed by atoms with E-state index in [1.807, 2.05) is 0 Å². The van der Waals surface area contributed by atoms with Crippen LogP contribution in [0.25, 0.3) is 0 Å². The van der Waals surface area contributed by atoms with Crippen LogP contribution < -0.4 is 0 Å². The van der Waals surface area contributed by atoms with E-state index in [0.29, 0.717) is 13.0 Å². The summed E-state index contributed by atoms with van der Waals surface area (Å²) in [4.78, 5) is 10.5. The maximum absolute atomic E-state index is 10.5. The molecule has 0 saturated carbocycles. The molecule has 0 N–H and O–H groups in total. The maximum Gasteiger partial charge on any atom is 0.305 e. The summed E-state index contributed by atoms with van der Waals surface area (Å²) in [7, 11) is 0. The molecule has 1 aliphatic heterocycles. The van der Waals surface area contributed by atoms with Crippen molar-refractivity contribution in [3.05, 3.63) is 18.9 Å². The zero-order chi connectivity index (χ0) is 8.53. The van der Waals surface area contributed by atoms with Crippen molar-refractivity contribution >= 4 is 5.97 Å². The summed E-state index contributed by atoms with van der Waals surface area (Å²) >= 11 is 0. The number of rotatable bonds is 0. The maximum atomic E-state index is 10.5. The summed E-state index contributed by atoms with van der Waals surface area (Å²) in [5.74, 6) is -0.0255. The molecular weight excluding hydrogens is 140 g/mol. The van der Waals surface area contributed by atoms with Gasteiger partial charge in [0.15, 0.2) is 0 Å². The molecule has 0 bridgehead atoms. The van der Waals surface area contributed by atoms with Crippen LogP contribution in [-0.2, 0) is 9.53 Å². The lowest BCUT2D eigenvalue weighted by atomic mass is 10.2. The van der Waals surface area contributed by atoms with E-state index in [0.717, 1.165) is 19.3 Å². The molecule has 0 aromatic rings. The number of hydrogen-bond donors (Lipinski definition) is 0. The van der Waals surface area contributed by atoms with Gasteiger partial charge >= 0.3 is 5.97 Å². The van der Waals surface area contributed by atoms with Crippen LogP contribution in [0.5, 0.6) is 0 Å². The minimum absolute atomic E-state index is 0.0255. The molecule has 0 amide bonds. The first-order valence-electron chi connectivity index (χ1n) is 3.76. The number of carbonyl (C=O) groups excluding carboxylic acids is 1. The molecular formula is C9H14O2. The Morgan fingerprint density at radius 1 is 1.27 bits per heavy atom. The van der Waals surface area contributed by atoms with Crippen LogP contribution in [0.4, 0.5) is 0 Å². The van der Waals surface area contributed by atoms with E-state index in [1.165, 1.54) is 0 Å². The van der Waals surface area contributed by atoms with Crippen LogP contribution in [0, 0.1) is 0 Å². The molecule has 1 aliphatic rings. The molecule has 1 rings (SSSR count). The molecule has 1 saturated heterocycles. The van der Waals surface area contributed by atoms with E-state index < -0.39 is 0 Å². The van der Waals surface area contributed by atoms with Gasteiger partial charge in [-0.1, -0.05) is 13.2 Å². The van der Waals surface area contributed by atoms with Crippen LogP contribution in [-0.4, -0.2) is 12.6 Å². The smallest absolute Gasteiger partial charge is 0.305 e. The highest BCUT2D eigenvalue weighted by molar-refractivity contribution is 5.69. The van der Waals surface area contributed by atoms with E-state index in [-0.39, 0.29) is 5.97 Å².